The first kappa shape index (κ1) is 30.6. The molecule has 13 aromatic rings. The molecular formula is C56H30N2S. The van der Waals surface area contributed by atoms with Crippen LogP contribution in [0.3, 0.4) is 0 Å². The minimum Gasteiger partial charge on any atom is -0.309 e. The van der Waals surface area contributed by atoms with E-state index in [4.69, 9.17) is 0 Å². The van der Waals surface area contributed by atoms with Gasteiger partial charge in [0.2, 0.25) is 0 Å². The molecule has 59 heavy (non-hydrogen) atoms. The lowest BCUT2D eigenvalue weighted by Gasteiger charge is -2.13. The number of thiophene rings is 1. The normalized spacial score (nSPS) is 12.7. The predicted molar refractivity (Wildman–Crippen MR) is 252 cm³/mol. The van der Waals surface area contributed by atoms with Gasteiger partial charge in [0.25, 0.3) is 0 Å². The van der Waals surface area contributed by atoms with Crippen LogP contribution in [0.25, 0.3) is 141 Å². The van der Waals surface area contributed by atoms with Crippen LogP contribution in [0.15, 0.2) is 182 Å². The van der Waals surface area contributed by atoms with Crippen molar-refractivity contribution in [2.45, 2.75) is 0 Å². The lowest BCUT2D eigenvalue weighted by atomic mass is 10.0. The number of rotatable bonds is 2. The molecule has 3 heterocycles. The zero-order valence-corrected chi connectivity index (χ0v) is 32.4. The molecule has 2 nitrogen and oxygen atoms in total. The first-order valence-corrected chi connectivity index (χ1v) is 21.3. The van der Waals surface area contributed by atoms with E-state index in [1.165, 1.54) is 141 Å². The first-order chi connectivity index (χ1) is 29.3. The van der Waals surface area contributed by atoms with Crippen LogP contribution < -0.4 is 0 Å². The quantitative estimate of drug-likeness (QED) is 0.166. The number of fused-ring (bicyclic) bond motifs is 17. The Bertz CT molecular complexity index is 3760. The second kappa shape index (κ2) is 10.7. The Hall–Kier alpha value is -7.46. The maximum atomic E-state index is 2.52. The summed E-state index contributed by atoms with van der Waals surface area (Å²) in [6.07, 6.45) is 0. The molecule has 270 valence electrons. The third-order valence-corrected chi connectivity index (χ3v) is 14.9. The van der Waals surface area contributed by atoms with Crippen LogP contribution >= 0.6 is 11.3 Å². The number of hydrogen-bond donors (Lipinski definition) is 0. The minimum absolute atomic E-state index is 1.23. The Morgan fingerprint density at radius 2 is 0.610 bits per heavy atom. The van der Waals surface area contributed by atoms with E-state index in [0.717, 1.165) is 0 Å². The fourth-order valence-corrected chi connectivity index (χ4v) is 12.7. The number of aromatic nitrogens is 2. The van der Waals surface area contributed by atoms with Crippen molar-refractivity contribution in [3.05, 3.63) is 182 Å². The Morgan fingerprint density at radius 1 is 0.237 bits per heavy atom. The second-order valence-electron chi connectivity index (χ2n) is 16.3. The van der Waals surface area contributed by atoms with Gasteiger partial charge in [-0.1, -0.05) is 146 Å². The van der Waals surface area contributed by atoms with E-state index in [2.05, 4.69) is 191 Å². The molecule has 0 spiro atoms. The molecule has 0 fully saturated rings. The summed E-state index contributed by atoms with van der Waals surface area (Å²) < 4.78 is 7.74. The molecule has 0 amide bonds. The van der Waals surface area contributed by atoms with Crippen LogP contribution in [0.2, 0.25) is 0 Å². The van der Waals surface area contributed by atoms with Crippen LogP contribution in [-0.2, 0) is 0 Å². The zero-order valence-electron chi connectivity index (χ0n) is 31.6. The van der Waals surface area contributed by atoms with E-state index >= 15 is 0 Å². The average molecular weight is 763 g/mol. The van der Waals surface area contributed by atoms with Crippen molar-refractivity contribution in [2.75, 3.05) is 0 Å². The van der Waals surface area contributed by atoms with Gasteiger partial charge < -0.3 is 9.13 Å². The summed E-state index contributed by atoms with van der Waals surface area (Å²) in [5, 5.41) is 13.2. The van der Waals surface area contributed by atoms with Crippen molar-refractivity contribution in [1.82, 2.24) is 9.13 Å². The Morgan fingerprint density at radius 3 is 1.07 bits per heavy atom. The van der Waals surface area contributed by atoms with Crippen molar-refractivity contribution in [2.24, 2.45) is 0 Å². The van der Waals surface area contributed by atoms with Crippen LogP contribution in [0.1, 0.15) is 0 Å². The summed E-state index contributed by atoms with van der Waals surface area (Å²) >= 11 is 1.96. The molecule has 3 heteroatoms. The summed E-state index contributed by atoms with van der Waals surface area (Å²) in [5.41, 5.74) is 18.0. The maximum Gasteiger partial charge on any atom is 0.0556 e. The fraction of sp³-hybridized carbons (Fsp3) is 0. The van der Waals surface area contributed by atoms with Gasteiger partial charge in [-0.05, 0) is 91.7 Å². The predicted octanol–water partition coefficient (Wildman–Crippen LogP) is 15.8. The standard InChI is InChI=1S/C56H30N2S/c1-3-13-33-31(11-1)35-17-9-19-41-47(27-23-37(33)51(35)41)57-45-21-7-5-15-43(45)53-49(57)29-25-39-40-26-30-50-54(56(40)59-55(39)53)44-16-6-8-22-46(44)58(50)48-28-24-38-34-14-4-2-12-32(34)36-18-10-20-42(48)52(36)38/h1-30H. The van der Waals surface area contributed by atoms with Gasteiger partial charge in [0, 0.05) is 52.5 Å². The highest BCUT2D eigenvalue weighted by Gasteiger charge is 2.27. The largest absolute Gasteiger partial charge is 0.309 e. The molecular weight excluding hydrogens is 733 g/mol. The monoisotopic (exact) mass is 762 g/mol. The average Bonchev–Trinajstić information content (AvgIpc) is 4.09. The molecule has 0 saturated carbocycles. The van der Waals surface area contributed by atoms with Gasteiger partial charge in [-0.15, -0.1) is 11.3 Å². The van der Waals surface area contributed by atoms with Gasteiger partial charge in [0.05, 0.1) is 33.4 Å². The van der Waals surface area contributed by atoms with Crippen molar-refractivity contribution in [1.29, 1.82) is 0 Å². The van der Waals surface area contributed by atoms with Crippen LogP contribution in [-0.4, -0.2) is 9.13 Å². The number of para-hydroxylation sites is 2. The van der Waals surface area contributed by atoms with E-state index in [-0.39, 0.29) is 0 Å². The van der Waals surface area contributed by atoms with Crippen molar-refractivity contribution in [3.8, 4) is 55.9 Å². The SMILES string of the molecule is c1ccc2c(c1)-c1cccc3c(-n4c5ccccc5c5c6sc7c(ccc8c7c7ccccc7n8-c7ccc8c9c(cccc79)-c7ccccc7-8)c6ccc54)ccc-2c13. The molecule has 3 aromatic heterocycles. The van der Waals surface area contributed by atoms with Gasteiger partial charge >= 0.3 is 0 Å². The molecule has 0 bridgehead atoms. The Labute approximate surface area is 342 Å². The smallest absolute Gasteiger partial charge is 0.0556 e. The summed E-state index contributed by atoms with van der Waals surface area (Å²) in [4.78, 5) is 0. The summed E-state index contributed by atoms with van der Waals surface area (Å²) in [7, 11) is 0. The lowest BCUT2D eigenvalue weighted by Crippen LogP contribution is -1.95. The second-order valence-corrected chi connectivity index (χ2v) is 17.3. The van der Waals surface area contributed by atoms with E-state index in [9.17, 15) is 0 Å². The number of hydrogen-bond acceptors (Lipinski definition) is 1. The van der Waals surface area contributed by atoms with Crippen molar-refractivity contribution >= 4 is 96.7 Å². The number of benzene rings is 10. The van der Waals surface area contributed by atoms with E-state index in [0.29, 0.717) is 0 Å². The highest BCUT2D eigenvalue weighted by Crippen LogP contribution is 2.53. The molecule has 2 aliphatic carbocycles. The first-order valence-electron chi connectivity index (χ1n) is 20.4. The van der Waals surface area contributed by atoms with E-state index in [1.807, 2.05) is 11.3 Å². The lowest BCUT2D eigenvalue weighted by molar-refractivity contribution is 1.20. The van der Waals surface area contributed by atoms with Crippen LogP contribution in [0.4, 0.5) is 0 Å². The van der Waals surface area contributed by atoms with E-state index < -0.39 is 0 Å². The molecule has 0 saturated heterocycles. The maximum absolute atomic E-state index is 2.52. The third kappa shape index (κ3) is 3.65. The summed E-state index contributed by atoms with van der Waals surface area (Å²) in [6, 6.07) is 68.3. The van der Waals surface area contributed by atoms with Gasteiger partial charge in [0.1, 0.15) is 0 Å². The van der Waals surface area contributed by atoms with Gasteiger partial charge in [0.15, 0.2) is 0 Å². The molecule has 0 unspecified atom stereocenters. The molecule has 0 aliphatic heterocycles. The van der Waals surface area contributed by atoms with Gasteiger partial charge in [-0.25, -0.2) is 0 Å². The molecule has 15 rings (SSSR count). The molecule has 0 atom stereocenters. The fourth-order valence-electron chi connectivity index (χ4n) is 11.3. The summed E-state index contributed by atoms with van der Waals surface area (Å²) in [6.45, 7) is 0. The van der Waals surface area contributed by atoms with Crippen LogP contribution in [0.5, 0.6) is 0 Å². The molecule has 10 aromatic carbocycles. The highest BCUT2D eigenvalue weighted by atomic mass is 32.1. The van der Waals surface area contributed by atoms with E-state index in [1.54, 1.807) is 0 Å². The number of nitrogens with zero attached hydrogens (tertiary/aromatic N) is 2. The third-order valence-electron chi connectivity index (χ3n) is 13.6. The van der Waals surface area contributed by atoms with Crippen molar-refractivity contribution in [3.63, 3.8) is 0 Å². The molecule has 2 aliphatic rings. The molecule has 0 N–H and O–H groups in total. The van der Waals surface area contributed by atoms with Crippen molar-refractivity contribution < 1.29 is 0 Å². The Balaban J connectivity index is 1.02. The summed E-state index contributed by atoms with van der Waals surface area (Å²) in [5.74, 6) is 0. The zero-order chi connectivity index (χ0) is 38.1. The van der Waals surface area contributed by atoms with Gasteiger partial charge in [-0.2, -0.15) is 0 Å². The Kier molecular flexibility index (Phi) is 5.57. The van der Waals surface area contributed by atoms with Crippen LogP contribution in [0, 0.1) is 0 Å². The molecule has 0 radical (unpaired) electrons. The highest BCUT2D eigenvalue weighted by molar-refractivity contribution is 7.27. The van der Waals surface area contributed by atoms with Gasteiger partial charge in [-0.3, -0.25) is 0 Å². The topological polar surface area (TPSA) is 9.86 Å². The minimum atomic E-state index is 1.23.